The minimum atomic E-state index is -4.70. The van der Waals surface area contributed by atoms with Gasteiger partial charge in [-0.2, -0.15) is 0 Å². The summed E-state index contributed by atoms with van der Waals surface area (Å²) >= 11 is 0. The summed E-state index contributed by atoms with van der Waals surface area (Å²) in [6.07, 6.45) is -3.16. The minimum absolute atomic E-state index is 0.289. The molecule has 5 N–H and O–H groups in total. The van der Waals surface area contributed by atoms with Gasteiger partial charge in [0.1, 0.15) is 29.6 Å². The molecule has 3 rings (SSSR count). The SMILES string of the molecule is C=C1N=c2[nH]c(C)cc2=CN1[C@@H]1O[C@H](COP(=O)(O)O)C(O)[C@H]1O. The van der Waals surface area contributed by atoms with E-state index in [4.69, 9.17) is 14.5 Å². The van der Waals surface area contributed by atoms with E-state index < -0.39 is 39.0 Å². The molecule has 2 aliphatic heterocycles. The molecular weight excluding hydrogens is 341 g/mol. The standard InChI is InChI=1S/C13H18N3O7P/c1-6-3-8-4-16(7(2)15-12(8)14-6)13-11(18)10(17)9(23-13)5-22-24(19,20)21/h3-4,9-11,13,17-18H,2,5H2,1H3,(H,14,15)(H2,19,20,21)/t9-,10?,11-,13-/m1/s1. The third-order valence-corrected chi connectivity index (χ3v) is 4.28. The summed E-state index contributed by atoms with van der Waals surface area (Å²) in [6.45, 7) is 5.10. The molecule has 1 unspecified atom stereocenters. The van der Waals surface area contributed by atoms with Crippen molar-refractivity contribution in [3.05, 3.63) is 34.9 Å². The van der Waals surface area contributed by atoms with Gasteiger partial charge in [-0.15, -0.1) is 0 Å². The van der Waals surface area contributed by atoms with Gasteiger partial charge in [-0.25, -0.2) is 9.56 Å². The molecule has 1 aromatic heterocycles. The van der Waals surface area contributed by atoms with Crippen LogP contribution in [0.15, 0.2) is 23.5 Å². The molecular formula is C13H18N3O7P. The van der Waals surface area contributed by atoms with Crippen molar-refractivity contribution in [2.45, 2.75) is 31.5 Å². The van der Waals surface area contributed by atoms with Gasteiger partial charge < -0.3 is 34.6 Å². The predicted molar refractivity (Wildman–Crippen MR) is 80.4 cm³/mol. The molecule has 1 fully saturated rings. The number of aliphatic hydroxyl groups is 2. The molecule has 3 heterocycles. The topological polar surface area (TPSA) is 148 Å². The number of rotatable bonds is 4. The monoisotopic (exact) mass is 359 g/mol. The normalized spacial score (nSPS) is 30.0. The maximum atomic E-state index is 10.8. The zero-order valence-electron chi connectivity index (χ0n) is 12.7. The number of hydrogen-bond donors (Lipinski definition) is 5. The van der Waals surface area contributed by atoms with Crippen LogP contribution in [0.1, 0.15) is 5.69 Å². The van der Waals surface area contributed by atoms with Crippen LogP contribution >= 0.6 is 7.82 Å². The zero-order valence-corrected chi connectivity index (χ0v) is 13.6. The maximum Gasteiger partial charge on any atom is 0.469 e. The minimum Gasteiger partial charge on any atom is -0.387 e. The number of aryl methyl sites for hydroxylation is 1. The van der Waals surface area contributed by atoms with Gasteiger partial charge in [0.25, 0.3) is 0 Å². The van der Waals surface area contributed by atoms with Crippen molar-refractivity contribution in [3.8, 4) is 0 Å². The average Bonchev–Trinajstić information content (AvgIpc) is 2.96. The van der Waals surface area contributed by atoms with Crippen molar-refractivity contribution in [2.24, 2.45) is 4.99 Å². The highest BCUT2D eigenvalue weighted by molar-refractivity contribution is 7.46. The lowest BCUT2D eigenvalue weighted by Crippen LogP contribution is -2.44. The first-order chi connectivity index (χ1) is 11.2. The average molecular weight is 359 g/mol. The second-order valence-corrected chi connectivity index (χ2v) is 6.89. The molecule has 24 heavy (non-hydrogen) atoms. The van der Waals surface area contributed by atoms with Gasteiger partial charge in [0.15, 0.2) is 6.23 Å². The Morgan fingerprint density at radius 1 is 1.46 bits per heavy atom. The van der Waals surface area contributed by atoms with E-state index in [1.54, 1.807) is 6.20 Å². The van der Waals surface area contributed by atoms with Crippen LogP contribution < -0.4 is 10.7 Å². The number of fused-ring (bicyclic) bond motifs is 1. The Morgan fingerprint density at radius 2 is 2.17 bits per heavy atom. The van der Waals surface area contributed by atoms with E-state index in [0.29, 0.717) is 5.49 Å². The summed E-state index contributed by atoms with van der Waals surface area (Å²) in [7, 11) is -4.70. The summed E-state index contributed by atoms with van der Waals surface area (Å²) in [5.41, 5.74) is 1.53. The number of nitrogens with zero attached hydrogens (tertiary/aromatic N) is 2. The predicted octanol–water partition coefficient (Wildman–Crippen LogP) is -1.98. The fourth-order valence-corrected chi connectivity index (χ4v) is 3.03. The molecule has 132 valence electrons. The van der Waals surface area contributed by atoms with Gasteiger partial charge >= 0.3 is 7.82 Å². The van der Waals surface area contributed by atoms with E-state index in [1.165, 1.54) is 4.90 Å². The van der Waals surface area contributed by atoms with Gasteiger partial charge in [0.2, 0.25) is 0 Å². The molecule has 0 radical (unpaired) electrons. The van der Waals surface area contributed by atoms with Gasteiger partial charge in [0.05, 0.1) is 6.61 Å². The van der Waals surface area contributed by atoms with Crippen LogP contribution in [0.25, 0.3) is 6.20 Å². The molecule has 0 spiro atoms. The van der Waals surface area contributed by atoms with Crippen molar-refractivity contribution < 1.29 is 33.8 Å². The zero-order chi connectivity index (χ0) is 17.6. The number of hydrogen-bond acceptors (Lipinski definition) is 7. The highest BCUT2D eigenvalue weighted by atomic mass is 31.2. The van der Waals surface area contributed by atoms with Crippen LogP contribution in [0.4, 0.5) is 0 Å². The summed E-state index contributed by atoms with van der Waals surface area (Å²) in [6, 6.07) is 1.85. The fourth-order valence-electron chi connectivity index (χ4n) is 2.69. The van der Waals surface area contributed by atoms with Crippen molar-refractivity contribution in [1.29, 1.82) is 0 Å². The van der Waals surface area contributed by atoms with E-state index in [1.807, 2.05) is 13.0 Å². The second kappa shape index (κ2) is 6.08. The molecule has 1 aromatic rings. The van der Waals surface area contributed by atoms with Crippen molar-refractivity contribution in [2.75, 3.05) is 6.61 Å². The summed E-state index contributed by atoms with van der Waals surface area (Å²) in [5.74, 6) is 0.289. The molecule has 2 aliphatic rings. The van der Waals surface area contributed by atoms with Crippen LogP contribution in [0.2, 0.25) is 0 Å². The number of H-pyrrole nitrogens is 1. The lowest BCUT2D eigenvalue weighted by Gasteiger charge is -2.29. The molecule has 0 aromatic carbocycles. The molecule has 0 bridgehead atoms. The maximum absolute atomic E-state index is 10.8. The third-order valence-electron chi connectivity index (χ3n) is 3.80. The molecule has 4 atom stereocenters. The lowest BCUT2D eigenvalue weighted by atomic mass is 10.1. The van der Waals surface area contributed by atoms with Crippen molar-refractivity contribution >= 4 is 14.0 Å². The first-order valence-electron chi connectivity index (χ1n) is 7.11. The number of aromatic nitrogens is 1. The van der Waals surface area contributed by atoms with Gasteiger partial charge in [-0.1, -0.05) is 6.58 Å². The number of phosphoric acid groups is 1. The molecule has 0 saturated carbocycles. The van der Waals surface area contributed by atoms with Gasteiger partial charge in [0, 0.05) is 17.1 Å². The first-order valence-corrected chi connectivity index (χ1v) is 8.64. The molecule has 1 saturated heterocycles. The Hall–Kier alpha value is -1.52. The van der Waals surface area contributed by atoms with Crippen molar-refractivity contribution in [3.63, 3.8) is 0 Å². The number of nitrogens with one attached hydrogen (secondary N) is 1. The van der Waals surface area contributed by atoms with E-state index in [0.717, 1.165) is 10.9 Å². The smallest absolute Gasteiger partial charge is 0.387 e. The Balaban J connectivity index is 1.81. The Morgan fingerprint density at radius 3 is 2.83 bits per heavy atom. The fraction of sp³-hybridized carbons (Fsp3) is 0.462. The number of phosphoric ester groups is 1. The Bertz CT molecular complexity index is 816. The van der Waals surface area contributed by atoms with Crippen LogP contribution in [-0.2, 0) is 13.8 Å². The molecule has 11 heteroatoms. The highest BCUT2D eigenvalue weighted by Crippen LogP contribution is 2.37. The quantitative estimate of drug-likeness (QED) is 0.389. The van der Waals surface area contributed by atoms with Crippen LogP contribution in [0.3, 0.4) is 0 Å². The highest BCUT2D eigenvalue weighted by Gasteiger charge is 2.46. The van der Waals surface area contributed by atoms with E-state index >= 15 is 0 Å². The van der Waals surface area contributed by atoms with E-state index in [9.17, 15) is 14.8 Å². The largest absolute Gasteiger partial charge is 0.469 e. The third kappa shape index (κ3) is 3.31. The van der Waals surface area contributed by atoms with E-state index in [2.05, 4.69) is 21.1 Å². The van der Waals surface area contributed by atoms with Crippen LogP contribution in [0.5, 0.6) is 0 Å². The summed E-state index contributed by atoms with van der Waals surface area (Å²) < 4.78 is 20.6. The number of aromatic amines is 1. The Kier molecular flexibility index (Phi) is 4.39. The van der Waals surface area contributed by atoms with Crippen LogP contribution in [0, 0.1) is 6.92 Å². The number of aliphatic hydroxyl groups excluding tert-OH is 2. The number of ether oxygens (including phenoxy) is 1. The lowest BCUT2D eigenvalue weighted by molar-refractivity contribution is -0.0633. The molecule has 0 amide bonds. The second-order valence-electron chi connectivity index (χ2n) is 5.65. The summed E-state index contributed by atoms with van der Waals surface area (Å²) in [5, 5.41) is 21.0. The Labute approximate surface area is 136 Å². The van der Waals surface area contributed by atoms with Gasteiger partial charge in [-0.3, -0.25) is 4.52 Å². The first kappa shape index (κ1) is 17.3. The van der Waals surface area contributed by atoms with Crippen LogP contribution in [-0.4, -0.2) is 61.0 Å². The van der Waals surface area contributed by atoms with E-state index in [-0.39, 0.29) is 5.82 Å². The summed E-state index contributed by atoms with van der Waals surface area (Å²) in [4.78, 5) is 26.3. The van der Waals surface area contributed by atoms with Crippen molar-refractivity contribution in [1.82, 2.24) is 9.88 Å². The molecule has 10 nitrogen and oxygen atoms in total. The molecule has 0 aliphatic carbocycles. The van der Waals surface area contributed by atoms with Gasteiger partial charge in [-0.05, 0) is 13.0 Å².